The average Bonchev–Trinajstić information content (AvgIpc) is 3.28. The number of carbonyl (C=O) groups is 1. The van der Waals surface area contributed by atoms with E-state index in [0.717, 1.165) is 38.4 Å². The summed E-state index contributed by atoms with van der Waals surface area (Å²) >= 11 is 0. The highest BCUT2D eigenvalue weighted by atomic mass is 16.2. The van der Waals surface area contributed by atoms with Gasteiger partial charge in [-0.1, -0.05) is 30.3 Å². The highest BCUT2D eigenvalue weighted by Crippen LogP contribution is 2.25. The molecule has 2 amide bonds. The highest BCUT2D eigenvalue weighted by Gasteiger charge is 2.32. The van der Waals surface area contributed by atoms with Crippen molar-refractivity contribution in [3.63, 3.8) is 0 Å². The second-order valence-electron chi connectivity index (χ2n) is 9.59. The molecule has 3 atom stereocenters. The minimum atomic E-state index is -0.00898. The Hall–Kier alpha value is -2.57. The van der Waals surface area contributed by atoms with E-state index in [0.29, 0.717) is 12.1 Å². The van der Waals surface area contributed by atoms with Gasteiger partial charge in [-0.25, -0.2) is 4.79 Å². The molecule has 3 unspecified atom stereocenters. The van der Waals surface area contributed by atoms with E-state index >= 15 is 0 Å². The van der Waals surface area contributed by atoms with Gasteiger partial charge in [0.1, 0.15) is 0 Å². The molecule has 0 aromatic heterocycles. The first-order valence-electron chi connectivity index (χ1n) is 11.8. The summed E-state index contributed by atoms with van der Waals surface area (Å²) in [6.45, 7) is 9.02. The van der Waals surface area contributed by atoms with E-state index in [1.54, 1.807) is 0 Å². The van der Waals surface area contributed by atoms with E-state index in [1.165, 1.54) is 17.7 Å². The molecule has 2 fully saturated rings. The number of nitrogens with zero attached hydrogens (tertiary/aromatic N) is 4. The summed E-state index contributed by atoms with van der Waals surface area (Å²) in [7, 11) is 4.30. The van der Waals surface area contributed by atoms with Gasteiger partial charge in [-0.2, -0.15) is 0 Å². The quantitative estimate of drug-likeness (QED) is 0.772. The Labute approximate surface area is 192 Å². The monoisotopic (exact) mass is 435 g/mol. The summed E-state index contributed by atoms with van der Waals surface area (Å²) in [4.78, 5) is 22.2. The largest absolute Gasteiger partial charge is 0.370 e. The topological polar surface area (TPSA) is 42.1 Å². The lowest BCUT2D eigenvalue weighted by Crippen LogP contribution is -2.58. The van der Waals surface area contributed by atoms with Crippen LogP contribution in [0.15, 0.2) is 54.6 Å². The SMILES string of the molecule is CC1CN(C(=O)Nc2ccc(N3CCC(N(C)C)C3)cc2)C(C)CN1Cc1ccccc1. The maximum atomic E-state index is 13.0. The van der Waals surface area contributed by atoms with E-state index < -0.39 is 0 Å². The molecule has 172 valence electrons. The van der Waals surface area contributed by atoms with Gasteiger partial charge in [0.15, 0.2) is 0 Å². The number of piperazine rings is 1. The van der Waals surface area contributed by atoms with E-state index in [4.69, 9.17) is 0 Å². The van der Waals surface area contributed by atoms with Crippen LogP contribution in [0.2, 0.25) is 0 Å². The van der Waals surface area contributed by atoms with Crippen LogP contribution in [-0.4, -0.2) is 79.1 Å². The number of nitrogens with one attached hydrogen (secondary N) is 1. The van der Waals surface area contributed by atoms with Crippen molar-refractivity contribution in [3.05, 3.63) is 60.2 Å². The molecule has 2 heterocycles. The molecule has 6 nitrogen and oxygen atoms in total. The Morgan fingerprint density at radius 3 is 2.34 bits per heavy atom. The minimum absolute atomic E-state index is 0.00898. The number of rotatable bonds is 5. The molecule has 4 rings (SSSR count). The van der Waals surface area contributed by atoms with E-state index in [-0.39, 0.29) is 12.1 Å². The summed E-state index contributed by atoms with van der Waals surface area (Å²) in [5.74, 6) is 0. The predicted molar refractivity (Wildman–Crippen MR) is 132 cm³/mol. The van der Waals surface area contributed by atoms with Crippen LogP contribution in [0.25, 0.3) is 0 Å². The van der Waals surface area contributed by atoms with Crippen LogP contribution in [0.1, 0.15) is 25.8 Å². The molecular formula is C26H37N5O. The fourth-order valence-electron chi connectivity index (χ4n) is 4.87. The first-order valence-corrected chi connectivity index (χ1v) is 11.8. The third kappa shape index (κ3) is 5.25. The molecule has 6 heteroatoms. The Bertz CT molecular complexity index is 885. The number of likely N-dealkylation sites (N-methyl/N-ethyl adjacent to an activating group) is 1. The van der Waals surface area contributed by atoms with Crippen LogP contribution in [0.3, 0.4) is 0 Å². The smallest absolute Gasteiger partial charge is 0.322 e. The number of hydrogen-bond acceptors (Lipinski definition) is 4. The Balaban J connectivity index is 1.32. The molecule has 2 aliphatic heterocycles. The highest BCUT2D eigenvalue weighted by molar-refractivity contribution is 5.89. The van der Waals surface area contributed by atoms with Crippen molar-refractivity contribution in [2.24, 2.45) is 0 Å². The Morgan fingerprint density at radius 2 is 1.69 bits per heavy atom. The summed E-state index contributed by atoms with van der Waals surface area (Å²) in [6, 6.07) is 19.9. The summed E-state index contributed by atoms with van der Waals surface area (Å²) < 4.78 is 0. The lowest BCUT2D eigenvalue weighted by atomic mass is 10.1. The zero-order valence-corrected chi connectivity index (χ0v) is 19.9. The normalized spacial score (nSPS) is 24.2. The van der Waals surface area contributed by atoms with Crippen LogP contribution in [-0.2, 0) is 6.54 Å². The van der Waals surface area contributed by atoms with Gasteiger partial charge in [-0.15, -0.1) is 0 Å². The standard InChI is InChI=1S/C26H37N5O/c1-20-17-31(21(2)16-30(20)18-22-8-6-5-7-9-22)26(32)27-23-10-12-24(13-11-23)29-15-14-25(19-29)28(3)4/h5-13,20-21,25H,14-19H2,1-4H3,(H,27,32). The fourth-order valence-corrected chi connectivity index (χ4v) is 4.87. The average molecular weight is 436 g/mol. The first-order chi connectivity index (χ1) is 15.4. The lowest BCUT2D eigenvalue weighted by Gasteiger charge is -2.44. The zero-order valence-electron chi connectivity index (χ0n) is 19.9. The zero-order chi connectivity index (χ0) is 22.7. The predicted octanol–water partition coefficient (Wildman–Crippen LogP) is 3.95. The molecule has 0 radical (unpaired) electrons. The van der Waals surface area contributed by atoms with Crippen molar-refractivity contribution in [3.8, 4) is 0 Å². The van der Waals surface area contributed by atoms with Crippen molar-refractivity contribution in [1.29, 1.82) is 0 Å². The van der Waals surface area contributed by atoms with Gasteiger partial charge in [0.2, 0.25) is 0 Å². The van der Waals surface area contributed by atoms with Crippen molar-refractivity contribution in [2.75, 3.05) is 50.5 Å². The summed E-state index contributed by atoms with van der Waals surface area (Å²) in [5, 5.41) is 3.11. The third-order valence-electron chi connectivity index (χ3n) is 6.98. The van der Waals surface area contributed by atoms with Crippen LogP contribution in [0.5, 0.6) is 0 Å². The summed E-state index contributed by atoms with van der Waals surface area (Å²) in [6.07, 6.45) is 1.19. The van der Waals surface area contributed by atoms with Gasteiger partial charge in [0.05, 0.1) is 0 Å². The second-order valence-corrected chi connectivity index (χ2v) is 9.59. The maximum Gasteiger partial charge on any atom is 0.322 e. The van der Waals surface area contributed by atoms with E-state index in [1.807, 2.05) is 17.0 Å². The van der Waals surface area contributed by atoms with Crippen molar-refractivity contribution in [1.82, 2.24) is 14.7 Å². The van der Waals surface area contributed by atoms with Gasteiger partial charge >= 0.3 is 6.03 Å². The summed E-state index contributed by atoms with van der Waals surface area (Å²) in [5.41, 5.74) is 3.40. The molecule has 2 saturated heterocycles. The van der Waals surface area contributed by atoms with Crippen molar-refractivity contribution < 1.29 is 4.79 Å². The van der Waals surface area contributed by atoms with Gasteiger partial charge in [-0.3, -0.25) is 4.90 Å². The van der Waals surface area contributed by atoms with Gasteiger partial charge in [0.25, 0.3) is 0 Å². The van der Waals surface area contributed by atoms with Gasteiger partial charge in [0, 0.05) is 62.2 Å². The number of hydrogen-bond donors (Lipinski definition) is 1. The third-order valence-corrected chi connectivity index (χ3v) is 6.98. The van der Waals surface area contributed by atoms with Crippen LogP contribution in [0.4, 0.5) is 16.2 Å². The van der Waals surface area contributed by atoms with Gasteiger partial charge in [-0.05, 0) is 64.2 Å². The van der Waals surface area contributed by atoms with Gasteiger partial charge < -0.3 is 20.0 Å². The molecule has 2 aromatic carbocycles. The Kier molecular flexibility index (Phi) is 7.01. The molecule has 2 aromatic rings. The molecule has 2 aliphatic rings. The number of urea groups is 1. The maximum absolute atomic E-state index is 13.0. The number of amides is 2. The fraction of sp³-hybridized carbons (Fsp3) is 0.500. The van der Waals surface area contributed by atoms with Crippen molar-refractivity contribution >= 4 is 17.4 Å². The molecule has 0 bridgehead atoms. The lowest BCUT2D eigenvalue weighted by molar-refractivity contribution is 0.0627. The van der Waals surface area contributed by atoms with E-state index in [2.05, 4.69) is 90.4 Å². The molecule has 0 spiro atoms. The second kappa shape index (κ2) is 9.92. The number of carbonyl (C=O) groups excluding carboxylic acids is 1. The number of anilines is 2. The van der Waals surface area contributed by atoms with Crippen LogP contribution >= 0.6 is 0 Å². The molecule has 32 heavy (non-hydrogen) atoms. The first kappa shape index (κ1) is 22.6. The molecule has 0 aliphatic carbocycles. The molecular weight excluding hydrogens is 398 g/mol. The van der Waals surface area contributed by atoms with Crippen molar-refractivity contribution in [2.45, 2.75) is 44.9 Å². The molecule has 1 N–H and O–H groups in total. The van der Waals surface area contributed by atoms with E-state index in [9.17, 15) is 4.79 Å². The minimum Gasteiger partial charge on any atom is -0.370 e. The van der Waals surface area contributed by atoms with Crippen LogP contribution in [0, 0.1) is 0 Å². The Morgan fingerprint density at radius 1 is 0.969 bits per heavy atom. The number of benzene rings is 2. The van der Waals surface area contributed by atoms with Crippen LogP contribution < -0.4 is 10.2 Å². The molecule has 0 saturated carbocycles.